The molecule has 1 fully saturated rings. The molecule has 1 aromatic heterocycles. The molecule has 1 unspecified atom stereocenters. The summed E-state index contributed by atoms with van der Waals surface area (Å²) in [5.74, 6) is 1.38. The van der Waals surface area contributed by atoms with Crippen LogP contribution in [0, 0.1) is 16.0 Å². The molecule has 1 saturated heterocycles. The lowest BCUT2D eigenvalue weighted by Gasteiger charge is -2.35. The number of nitro groups is 1. The highest BCUT2D eigenvalue weighted by atomic mass is 16.6. The lowest BCUT2D eigenvalue weighted by Crippen LogP contribution is -2.36. The van der Waals surface area contributed by atoms with Crippen LogP contribution in [-0.2, 0) is 0 Å². The number of methoxy groups -OCH3 is 2. The maximum Gasteiger partial charge on any atom is 0.296 e. The van der Waals surface area contributed by atoms with E-state index in [-0.39, 0.29) is 11.6 Å². The number of nitro benzene ring substituents is 1. The van der Waals surface area contributed by atoms with E-state index in [0.717, 1.165) is 0 Å². The van der Waals surface area contributed by atoms with Crippen LogP contribution < -0.4 is 14.4 Å². The molecule has 0 bridgehead atoms. The third-order valence-corrected chi connectivity index (χ3v) is 4.80. The third-order valence-electron chi connectivity index (χ3n) is 4.80. The zero-order valence-corrected chi connectivity index (χ0v) is 14.7. The molecule has 0 spiro atoms. The highest BCUT2D eigenvalue weighted by Gasteiger charge is 2.31. The van der Waals surface area contributed by atoms with Gasteiger partial charge in [-0.05, 0) is 18.8 Å². The maximum atomic E-state index is 11.5. The summed E-state index contributed by atoms with van der Waals surface area (Å²) >= 11 is 0. The normalized spacial score (nSPS) is 16.3. The average Bonchev–Trinajstić information content (AvgIpc) is 3.21. The van der Waals surface area contributed by atoms with Gasteiger partial charge in [-0.25, -0.2) is 4.98 Å². The predicted octanol–water partition coefficient (Wildman–Crippen LogP) is 2.29. The van der Waals surface area contributed by atoms with Crippen molar-refractivity contribution in [2.75, 3.05) is 32.2 Å². The Kier molecular flexibility index (Phi) is 5.27. The summed E-state index contributed by atoms with van der Waals surface area (Å²) in [5.41, 5.74) is 0.478. The minimum atomic E-state index is -0.660. The molecule has 140 valence electrons. The standard InChI is InChI=1S/C17H22N4O5/c1-25-14-9-12(13(21(23)24)10-15(14)26-2)20-7-3-11(4-8-20)16(22)17-18-5-6-19-17/h5-6,9-11,16,22H,3-4,7-8H2,1-2H3,(H,18,19). The van der Waals surface area contributed by atoms with Crippen molar-refractivity contribution in [3.8, 4) is 11.5 Å². The number of aromatic nitrogens is 2. The number of nitrogens with one attached hydrogen (secondary N) is 1. The molecule has 2 aromatic rings. The van der Waals surface area contributed by atoms with E-state index in [4.69, 9.17) is 9.47 Å². The highest BCUT2D eigenvalue weighted by molar-refractivity contribution is 5.70. The van der Waals surface area contributed by atoms with Crippen molar-refractivity contribution in [3.63, 3.8) is 0 Å². The van der Waals surface area contributed by atoms with Crippen LogP contribution in [0.4, 0.5) is 11.4 Å². The Labute approximate surface area is 150 Å². The van der Waals surface area contributed by atoms with Crippen LogP contribution in [0.5, 0.6) is 11.5 Å². The van der Waals surface area contributed by atoms with Crippen molar-refractivity contribution in [3.05, 3.63) is 40.5 Å². The number of aliphatic hydroxyl groups is 1. The number of imidazole rings is 1. The van der Waals surface area contributed by atoms with Crippen molar-refractivity contribution < 1.29 is 19.5 Å². The van der Waals surface area contributed by atoms with E-state index in [9.17, 15) is 15.2 Å². The number of nitrogens with zero attached hydrogens (tertiary/aromatic N) is 3. The van der Waals surface area contributed by atoms with Gasteiger partial charge in [-0.2, -0.15) is 0 Å². The number of rotatable bonds is 6. The van der Waals surface area contributed by atoms with E-state index in [2.05, 4.69) is 9.97 Å². The minimum Gasteiger partial charge on any atom is -0.493 e. The molecule has 1 aliphatic rings. The van der Waals surface area contributed by atoms with Gasteiger partial charge in [0.25, 0.3) is 5.69 Å². The van der Waals surface area contributed by atoms with Crippen LogP contribution >= 0.6 is 0 Å². The zero-order chi connectivity index (χ0) is 18.7. The van der Waals surface area contributed by atoms with Gasteiger partial charge in [-0.15, -0.1) is 0 Å². The number of hydrogen-bond acceptors (Lipinski definition) is 7. The molecule has 9 nitrogen and oxygen atoms in total. The van der Waals surface area contributed by atoms with Gasteiger partial charge in [-0.1, -0.05) is 0 Å². The summed E-state index contributed by atoms with van der Waals surface area (Å²) in [4.78, 5) is 20.1. The first-order chi connectivity index (χ1) is 12.5. The summed E-state index contributed by atoms with van der Waals surface area (Å²) in [7, 11) is 2.95. The first-order valence-electron chi connectivity index (χ1n) is 8.37. The fourth-order valence-corrected chi connectivity index (χ4v) is 3.38. The van der Waals surface area contributed by atoms with Crippen LogP contribution in [-0.4, -0.2) is 47.3 Å². The van der Waals surface area contributed by atoms with Gasteiger partial charge in [0.2, 0.25) is 0 Å². The Morgan fingerprint density at radius 3 is 2.50 bits per heavy atom. The predicted molar refractivity (Wildman–Crippen MR) is 94.7 cm³/mol. The molecule has 3 rings (SSSR count). The van der Waals surface area contributed by atoms with Crippen LogP contribution in [0.15, 0.2) is 24.5 Å². The van der Waals surface area contributed by atoms with E-state index in [0.29, 0.717) is 48.9 Å². The first kappa shape index (κ1) is 18.0. The van der Waals surface area contributed by atoms with E-state index in [1.54, 1.807) is 18.5 Å². The van der Waals surface area contributed by atoms with Gasteiger partial charge in [0.1, 0.15) is 17.6 Å². The molecule has 1 aromatic carbocycles. The van der Waals surface area contributed by atoms with Crippen molar-refractivity contribution in [2.45, 2.75) is 18.9 Å². The maximum absolute atomic E-state index is 11.5. The molecule has 2 N–H and O–H groups in total. The summed E-state index contributed by atoms with van der Waals surface area (Å²) in [5, 5.41) is 21.9. The number of aliphatic hydroxyl groups excluding tert-OH is 1. The SMILES string of the molecule is COc1cc(N2CCC(C(O)c3ncc[nH]3)CC2)c([N+](=O)[O-])cc1OC. The second-order valence-electron chi connectivity index (χ2n) is 6.20. The van der Waals surface area contributed by atoms with Gasteiger partial charge in [0.15, 0.2) is 11.5 Å². The molecule has 1 aliphatic heterocycles. The Morgan fingerprint density at radius 2 is 1.96 bits per heavy atom. The number of ether oxygens (including phenoxy) is 2. The molecule has 0 aliphatic carbocycles. The smallest absolute Gasteiger partial charge is 0.296 e. The van der Waals surface area contributed by atoms with Crippen molar-refractivity contribution in [2.24, 2.45) is 5.92 Å². The van der Waals surface area contributed by atoms with Crippen molar-refractivity contribution in [1.82, 2.24) is 9.97 Å². The lowest BCUT2D eigenvalue weighted by molar-refractivity contribution is -0.384. The van der Waals surface area contributed by atoms with E-state index >= 15 is 0 Å². The van der Waals surface area contributed by atoms with Gasteiger partial charge in [0.05, 0.1) is 25.2 Å². The summed E-state index contributed by atoms with van der Waals surface area (Å²) in [6.07, 6.45) is 4.04. The monoisotopic (exact) mass is 362 g/mol. The average molecular weight is 362 g/mol. The largest absolute Gasteiger partial charge is 0.493 e. The van der Waals surface area contributed by atoms with Crippen LogP contribution in [0.3, 0.4) is 0 Å². The first-order valence-corrected chi connectivity index (χ1v) is 8.37. The van der Waals surface area contributed by atoms with Crippen LogP contribution in [0.1, 0.15) is 24.8 Å². The molecule has 1 atom stereocenters. The van der Waals surface area contributed by atoms with Gasteiger partial charge >= 0.3 is 0 Å². The molecule has 2 heterocycles. The van der Waals surface area contributed by atoms with Crippen LogP contribution in [0.25, 0.3) is 0 Å². The summed E-state index contributed by atoms with van der Waals surface area (Å²) in [6, 6.07) is 3.03. The van der Waals surface area contributed by atoms with E-state index in [1.807, 2.05) is 4.90 Å². The van der Waals surface area contributed by atoms with Gasteiger partial charge in [-0.3, -0.25) is 10.1 Å². The third kappa shape index (κ3) is 3.43. The number of hydrogen-bond donors (Lipinski definition) is 2. The number of aromatic amines is 1. The summed E-state index contributed by atoms with van der Waals surface area (Å²) < 4.78 is 10.5. The van der Waals surface area contributed by atoms with Crippen molar-refractivity contribution in [1.29, 1.82) is 0 Å². The molecular formula is C17H22N4O5. The number of benzene rings is 1. The number of piperidine rings is 1. The van der Waals surface area contributed by atoms with Crippen LogP contribution in [0.2, 0.25) is 0 Å². The molecule has 0 radical (unpaired) electrons. The Hall–Kier alpha value is -2.81. The topological polar surface area (TPSA) is 114 Å². The second kappa shape index (κ2) is 7.61. The van der Waals surface area contributed by atoms with Gasteiger partial charge < -0.3 is 24.5 Å². The Bertz CT molecular complexity index is 757. The van der Waals surface area contributed by atoms with Crippen molar-refractivity contribution >= 4 is 11.4 Å². The zero-order valence-electron chi connectivity index (χ0n) is 14.7. The summed E-state index contributed by atoms with van der Waals surface area (Å²) in [6.45, 7) is 1.19. The van der Waals surface area contributed by atoms with Gasteiger partial charge in [0, 0.05) is 31.5 Å². The molecule has 26 heavy (non-hydrogen) atoms. The number of anilines is 1. The highest BCUT2D eigenvalue weighted by Crippen LogP contribution is 2.41. The van der Waals surface area contributed by atoms with E-state index in [1.165, 1.54) is 20.3 Å². The minimum absolute atomic E-state index is 0.0207. The fraction of sp³-hybridized carbons (Fsp3) is 0.471. The fourth-order valence-electron chi connectivity index (χ4n) is 3.38. The van der Waals surface area contributed by atoms with E-state index < -0.39 is 11.0 Å². The molecule has 9 heteroatoms. The molecule has 0 saturated carbocycles. The Balaban J connectivity index is 1.79. The molecular weight excluding hydrogens is 340 g/mol. The second-order valence-corrected chi connectivity index (χ2v) is 6.20. The Morgan fingerprint density at radius 1 is 1.31 bits per heavy atom. The number of H-pyrrole nitrogens is 1. The lowest BCUT2D eigenvalue weighted by atomic mass is 9.90. The molecule has 0 amide bonds. The quantitative estimate of drug-likeness (QED) is 0.598.